The number of hydrogen-bond acceptors (Lipinski definition) is 2. The molecule has 1 fully saturated rings. The van der Waals surface area contributed by atoms with Gasteiger partial charge in [-0.25, -0.2) is 8.72 Å². The van der Waals surface area contributed by atoms with Gasteiger partial charge >= 0.3 is 6.03 Å². The van der Waals surface area contributed by atoms with Crippen LogP contribution in [-0.2, 0) is 26.5 Å². The van der Waals surface area contributed by atoms with Gasteiger partial charge in [0.25, 0.3) is 5.91 Å². The topological polar surface area (TPSA) is 40.6 Å². The number of halogens is 3. The molecule has 1 aliphatic rings. The zero-order chi connectivity index (χ0) is 41.9. The molecule has 0 spiro atoms. The highest BCUT2D eigenvalue weighted by Crippen LogP contribution is 2.38. The van der Waals surface area contributed by atoms with Crippen molar-refractivity contribution in [3.05, 3.63) is 118 Å². The second kappa shape index (κ2) is 15.5. The van der Waals surface area contributed by atoms with Gasteiger partial charge in [0.1, 0.15) is 5.54 Å². The molecule has 1 saturated heterocycles. The molecule has 7 heteroatoms. The van der Waals surface area contributed by atoms with Crippen LogP contribution in [0, 0.1) is 0 Å². The number of amides is 3. The normalized spacial score (nSPS) is 15.0. The van der Waals surface area contributed by atoms with Crippen molar-refractivity contribution in [2.45, 2.75) is 124 Å². The van der Waals surface area contributed by atoms with E-state index in [4.69, 9.17) is 0 Å². The molecule has 3 amide bonds. The van der Waals surface area contributed by atoms with E-state index in [2.05, 4.69) is 222 Å². The van der Waals surface area contributed by atoms with Crippen LogP contribution in [-0.4, -0.2) is 25.3 Å². The van der Waals surface area contributed by atoms with E-state index in [-0.39, 0.29) is 27.6 Å². The first-order valence-electron chi connectivity index (χ1n) is 19.3. The number of hydrogen-bond donors (Lipinski definition) is 0. The van der Waals surface area contributed by atoms with E-state index in [9.17, 15) is 9.59 Å². The number of fused-ring (bicyclic) bond motifs is 4. The molecule has 0 bridgehead atoms. The molecule has 0 unspecified atom stereocenters. The minimum atomic E-state index is -0.805. The number of carbonyl (C=O) groups is 2. The zero-order valence-electron chi connectivity index (χ0n) is 35.5. The van der Waals surface area contributed by atoms with Crippen molar-refractivity contribution in [2.75, 3.05) is 0 Å². The third-order valence-electron chi connectivity index (χ3n) is 10.7. The van der Waals surface area contributed by atoms with Gasteiger partial charge in [0.15, 0.2) is 0 Å². The minimum absolute atomic E-state index is 0.165. The molecule has 0 aromatic heterocycles. The van der Waals surface area contributed by atoms with Gasteiger partial charge in [-0.3, -0.25) is 4.79 Å². The molecule has 1 heterocycles. The molecular weight excluding hydrogens is 888 g/mol. The van der Waals surface area contributed by atoms with E-state index in [1.165, 1.54) is 73.7 Å². The van der Waals surface area contributed by atoms with E-state index >= 15 is 0 Å². The smallest absolute Gasteiger partial charge is 0.271 e. The van der Waals surface area contributed by atoms with Gasteiger partial charge in [0.2, 0.25) is 0 Å². The Balaban J connectivity index is 0.000000171. The summed E-state index contributed by atoms with van der Waals surface area (Å²) in [7, 11) is 0. The number of urea groups is 1. The molecule has 0 N–H and O–H groups in total. The van der Waals surface area contributed by atoms with E-state index in [0.29, 0.717) is 0 Å². The molecule has 0 radical (unpaired) electrons. The maximum absolute atomic E-state index is 11.2. The van der Waals surface area contributed by atoms with E-state index in [0.717, 1.165) is 3.93 Å². The molecule has 4 nitrogen and oxygen atoms in total. The second-order valence-corrected chi connectivity index (χ2v) is 22.0. The Hall–Kier alpha value is -3.26. The summed E-state index contributed by atoms with van der Waals surface area (Å²) in [4.78, 5) is 22.3. The predicted molar refractivity (Wildman–Crippen MR) is 251 cm³/mol. The number of imide groups is 1. The van der Waals surface area contributed by atoms with Crippen LogP contribution in [0.15, 0.2) is 95.5 Å². The lowest BCUT2D eigenvalue weighted by atomic mass is 9.84. The van der Waals surface area contributed by atoms with Crippen molar-refractivity contribution >= 4 is 103 Å². The Labute approximate surface area is 360 Å². The summed E-state index contributed by atoms with van der Waals surface area (Å²) in [5, 5.41) is 10.5. The molecule has 6 aromatic carbocycles. The fourth-order valence-corrected chi connectivity index (χ4v) is 8.48. The van der Waals surface area contributed by atoms with Crippen LogP contribution in [0.1, 0.15) is 119 Å². The van der Waals surface area contributed by atoms with Crippen molar-refractivity contribution in [3.8, 4) is 0 Å². The first-order chi connectivity index (χ1) is 25.6. The number of benzene rings is 6. The fourth-order valence-electron chi connectivity index (χ4n) is 6.66. The number of nitrogens with zero attached hydrogens (tertiary/aromatic N) is 2. The quantitative estimate of drug-likeness (QED) is 0.0865. The summed E-state index contributed by atoms with van der Waals surface area (Å²) in [6.07, 6.45) is 0. The van der Waals surface area contributed by atoms with Crippen LogP contribution in [0.2, 0.25) is 0 Å². The minimum Gasteiger partial charge on any atom is -0.271 e. The summed E-state index contributed by atoms with van der Waals surface area (Å²) in [6, 6.07) is 34.0. The summed E-state index contributed by atoms with van der Waals surface area (Å²) in [6.45, 7) is 30.5. The number of carbonyl (C=O) groups excluding carboxylic acids is 2. The summed E-state index contributed by atoms with van der Waals surface area (Å²) < 4.78 is 3.32. The first-order valence-corrected chi connectivity index (χ1v) is 21.5. The van der Waals surface area contributed by atoms with Crippen LogP contribution in [0.4, 0.5) is 4.79 Å². The predicted octanol–water partition coefficient (Wildman–Crippen LogP) is 15.6. The molecule has 0 aliphatic carbocycles. The average molecular weight is 946 g/mol. The highest BCUT2D eigenvalue weighted by molar-refractivity contribution is 9.11. The van der Waals surface area contributed by atoms with Gasteiger partial charge in [-0.2, -0.15) is 3.93 Å². The van der Waals surface area contributed by atoms with Crippen LogP contribution in [0.3, 0.4) is 0 Å². The van der Waals surface area contributed by atoms with Gasteiger partial charge in [0.05, 0.1) is 32.3 Å². The molecule has 6 aromatic rings. The van der Waals surface area contributed by atoms with E-state index in [1.54, 1.807) is 13.8 Å². The largest absolute Gasteiger partial charge is 0.348 e. The highest BCUT2D eigenvalue weighted by Gasteiger charge is 2.50. The van der Waals surface area contributed by atoms with E-state index in [1.807, 2.05) is 0 Å². The van der Waals surface area contributed by atoms with Crippen molar-refractivity contribution in [1.82, 2.24) is 7.85 Å². The van der Waals surface area contributed by atoms with Gasteiger partial charge in [-0.05, 0) is 141 Å². The fraction of sp³-hybridized carbons (Fsp3) is 0.388. The third kappa shape index (κ3) is 9.21. The first kappa shape index (κ1) is 43.9. The highest BCUT2D eigenvalue weighted by atomic mass is 79.9. The van der Waals surface area contributed by atoms with E-state index < -0.39 is 11.6 Å². The molecule has 0 saturated carbocycles. The van der Waals surface area contributed by atoms with Gasteiger partial charge in [-0.1, -0.05) is 150 Å². The molecule has 56 heavy (non-hydrogen) atoms. The summed E-state index contributed by atoms with van der Waals surface area (Å²) in [5.74, 6) is -0.278. The van der Waals surface area contributed by atoms with Gasteiger partial charge < -0.3 is 0 Å². The zero-order valence-corrected chi connectivity index (χ0v) is 40.3. The monoisotopic (exact) mass is 942 g/mol. The summed E-state index contributed by atoms with van der Waals surface area (Å²) in [5.41, 5.74) is 5.46. The maximum Gasteiger partial charge on any atom is 0.348 e. The van der Waals surface area contributed by atoms with Crippen LogP contribution >= 0.6 is 48.2 Å². The van der Waals surface area contributed by atoms with Crippen molar-refractivity contribution in [1.29, 1.82) is 0 Å². The second-order valence-electron chi connectivity index (χ2n) is 19.7. The van der Waals surface area contributed by atoms with Crippen molar-refractivity contribution in [2.24, 2.45) is 0 Å². The lowest BCUT2D eigenvalue weighted by molar-refractivity contribution is -0.127. The average Bonchev–Trinajstić information content (AvgIpc) is 3.23. The SMILES string of the molecule is CC(C)(C)c1ccc2c(Br)c3cc(C(C)(C)C)ccc3cc2c1.CC(C)(C)c1ccc2cc3cc(C(C)(C)C)ccc3cc2c1.CC1(C)C(=O)N(Br)C(=O)N1Br. The Bertz CT molecular complexity index is 2400. The van der Waals surface area contributed by atoms with Crippen molar-refractivity contribution in [3.63, 3.8) is 0 Å². The molecule has 296 valence electrons. The Morgan fingerprint density at radius 1 is 0.446 bits per heavy atom. The summed E-state index contributed by atoms with van der Waals surface area (Å²) >= 11 is 9.70. The Morgan fingerprint density at radius 3 is 1.16 bits per heavy atom. The lowest BCUT2D eigenvalue weighted by Crippen LogP contribution is -2.37. The Kier molecular flexibility index (Phi) is 12.1. The molecule has 1 aliphatic heterocycles. The lowest BCUT2D eigenvalue weighted by Gasteiger charge is -2.21. The molecule has 0 atom stereocenters. The van der Waals surface area contributed by atoms with Gasteiger partial charge in [0, 0.05) is 4.47 Å². The van der Waals surface area contributed by atoms with Crippen LogP contribution in [0.25, 0.3) is 43.1 Å². The molecule has 7 rings (SSSR count). The van der Waals surface area contributed by atoms with Crippen molar-refractivity contribution < 1.29 is 9.59 Å². The standard InChI is InChI=1S/C22H25Br.C22H26.C5H6Br2N2O2/c1-21(2,3)16-9-10-18-15(12-16)11-14-7-8-17(22(4,5)6)13-19(14)20(18)23;1-21(2,3)19-9-7-15-12-18-14-20(22(4,5)6)10-8-16(18)11-17(15)13-19;1-5(2)3(10)8(6)4(11)9(5)7/h7-13H,1-6H3;7-14H,1-6H3;1-2H3. The maximum atomic E-state index is 11.2. The Morgan fingerprint density at radius 2 is 0.804 bits per heavy atom. The van der Waals surface area contributed by atoms with Crippen LogP contribution in [0.5, 0.6) is 0 Å². The molecular formula is C49H57Br3N2O2. The number of rotatable bonds is 0. The van der Waals surface area contributed by atoms with Crippen LogP contribution < -0.4 is 0 Å². The third-order valence-corrected chi connectivity index (χ3v) is 13.3. The van der Waals surface area contributed by atoms with Gasteiger partial charge in [-0.15, -0.1) is 0 Å².